The summed E-state index contributed by atoms with van der Waals surface area (Å²) in [5.41, 5.74) is 0. The number of halogens is 2. The Kier molecular flexibility index (Phi) is 5.19. The number of nitrogens with zero attached hydrogens (tertiary/aromatic N) is 2. The zero-order valence-electron chi connectivity index (χ0n) is 12.6. The lowest BCUT2D eigenvalue weighted by Crippen LogP contribution is -2.19. The van der Waals surface area contributed by atoms with Crippen LogP contribution in [0.1, 0.15) is 25.8 Å². The molecule has 1 aromatic carbocycles. The smallest absolute Gasteiger partial charge is 0.235 e. The van der Waals surface area contributed by atoms with E-state index in [2.05, 4.69) is 17.3 Å². The van der Waals surface area contributed by atoms with E-state index >= 15 is 0 Å². The van der Waals surface area contributed by atoms with Crippen molar-refractivity contribution in [3.05, 3.63) is 40.5 Å². The van der Waals surface area contributed by atoms with Gasteiger partial charge in [0, 0.05) is 16.0 Å². The Labute approximate surface area is 149 Å². The van der Waals surface area contributed by atoms with E-state index in [1.807, 2.05) is 10.7 Å². The summed E-state index contributed by atoms with van der Waals surface area (Å²) in [7, 11) is 0. The van der Waals surface area contributed by atoms with Crippen LogP contribution in [0, 0.1) is 5.92 Å². The molecule has 1 N–H and O–H groups in total. The quantitative estimate of drug-likeness (QED) is 0.737. The minimum Gasteiger partial charge on any atom is -0.310 e. The van der Waals surface area contributed by atoms with Crippen molar-refractivity contribution >= 4 is 46.7 Å². The summed E-state index contributed by atoms with van der Waals surface area (Å²) >= 11 is 13.4. The van der Waals surface area contributed by atoms with E-state index < -0.39 is 0 Å². The molecule has 0 spiro atoms. The van der Waals surface area contributed by atoms with E-state index in [-0.39, 0.29) is 11.7 Å². The molecule has 1 heterocycles. The van der Waals surface area contributed by atoms with Crippen LogP contribution in [-0.4, -0.2) is 21.4 Å². The van der Waals surface area contributed by atoms with Gasteiger partial charge in [-0.2, -0.15) is 5.10 Å². The molecule has 3 rings (SSSR count). The molecule has 1 fully saturated rings. The van der Waals surface area contributed by atoms with Crippen molar-refractivity contribution in [3.63, 3.8) is 0 Å². The lowest BCUT2D eigenvalue weighted by Gasteiger charge is -2.15. The highest BCUT2D eigenvalue weighted by molar-refractivity contribution is 8.00. The van der Waals surface area contributed by atoms with Gasteiger partial charge in [0.25, 0.3) is 0 Å². The monoisotopic (exact) mass is 369 g/mol. The van der Waals surface area contributed by atoms with E-state index in [1.54, 1.807) is 24.4 Å². The van der Waals surface area contributed by atoms with E-state index in [0.29, 0.717) is 22.0 Å². The minimum absolute atomic E-state index is 0.0872. The number of amides is 1. The first-order valence-electron chi connectivity index (χ1n) is 7.46. The number of rotatable bonds is 6. The second kappa shape index (κ2) is 7.16. The zero-order valence-corrected chi connectivity index (χ0v) is 15.0. The number of hydrogen-bond donors (Lipinski definition) is 1. The van der Waals surface area contributed by atoms with Gasteiger partial charge in [0.15, 0.2) is 0 Å². The molecular weight excluding hydrogens is 353 g/mol. The predicted octanol–water partition coefficient (Wildman–Crippen LogP) is 4.89. The molecule has 122 valence electrons. The molecule has 7 heteroatoms. The molecule has 2 aromatic rings. The largest absolute Gasteiger partial charge is 0.310 e. The predicted molar refractivity (Wildman–Crippen MR) is 95.5 cm³/mol. The van der Waals surface area contributed by atoms with Gasteiger partial charge < -0.3 is 5.32 Å². The number of nitrogens with one attached hydrogen (secondary N) is 1. The summed E-state index contributed by atoms with van der Waals surface area (Å²) in [4.78, 5) is 13.0. The lowest BCUT2D eigenvalue weighted by atomic mass is 10.2. The van der Waals surface area contributed by atoms with Crippen LogP contribution in [-0.2, 0) is 4.79 Å². The average molecular weight is 370 g/mol. The lowest BCUT2D eigenvalue weighted by molar-refractivity contribution is -0.113. The van der Waals surface area contributed by atoms with Gasteiger partial charge >= 0.3 is 0 Å². The molecule has 1 aromatic heterocycles. The van der Waals surface area contributed by atoms with E-state index in [9.17, 15) is 4.79 Å². The van der Waals surface area contributed by atoms with E-state index in [1.165, 1.54) is 24.6 Å². The van der Waals surface area contributed by atoms with Gasteiger partial charge in [-0.1, -0.05) is 23.2 Å². The molecule has 0 bridgehead atoms. The van der Waals surface area contributed by atoms with Crippen LogP contribution in [0.5, 0.6) is 0 Å². The van der Waals surface area contributed by atoms with Crippen LogP contribution in [0.25, 0.3) is 0 Å². The van der Waals surface area contributed by atoms with Crippen LogP contribution in [0.2, 0.25) is 10.0 Å². The molecule has 1 amide bonds. The summed E-state index contributed by atoms with van der Waals surface area (Å²) in [5.74, 6) is 1.59. The molecule has 0 aliphatic heterocycles. The summed E-state index contributed by atoms with van der Waals surface area (Å²) in [6, 6.07) is 7.37. The van der Waals surface area contributed by atoms with Crippen LogP contribution >= 0.6 is 35.0 Å². The van der Waals surface area contributed by atoms with E-state index in [0.717, 1.165) is 10.7 Å². The highest BCUT2D eigenvalue weighted by Crippen LogP contribution is 2.40. The maximum absolute atomic E-state index is 12.2. The van der Waals surface area contributed by atoms with Gasteiger partial charge in [0.1, 0.15) is 5.82 Å². The van der Waals surface area contributed by atoms with Crippen LogP contribution in [0.4, 0.5) is 5.82 Å². The van der Waals surface area contributed by atoms with Crippen LogP contribution in [0.15, 0.2) is 35.4 Å². The number of carbonyl (C=O) groups excluding carboxylic acids is 1. The first-order valence-corrected chi connectivity index (χ1v) is 9.20. The first-order chi connectivity index (χ1) is 11.0. The van der Waals surface area contributed by atoms with Crippen molar-refractivity contribution in [3.8, 4) is 0 Å². The second-order valence-electron chi connectivity index (χ2n) is 5.65. The Morgan fingerprint density at radius 1 is 1.43 bits per heavy atom. The number of thioether (sulfide) groups is 1. The molecule has 23 heavy (non-hydrogen) atoms. The Hall–Kier alpha value is -1.17. The summed E-state index contributed by atoms with van der Waals surface area (Å²) in [6.45, 7) is 2.14. The highest BCUT2D eigenvalue weighted by atomic mass is 35.5. The molecule has 1 saturated carbocycles. The number of anilines is 1. The Balaban J connectivity index is 1.59. The van der Waals surface area contributed by atoms with E-state index in [4.69, 9.17) is 23.2 Å². The third-order valence-electron chi connectivity index (χ3n) is 3.88. The molecule has 1 aliphatic carbocycles. The molecule has 1 atom stereocenters. The summed E-state index contributed by atoms with van der Waals surface area (Å²) in [5, 5.41) is 8.46. The van der Waals surface area contributed by atoms with Gasteiger partial charge in [-0.3, -0.25) is 4.79 Å². The average Bonchev–Trinajstić information content (AvgIpc) is 3.28. The Bertz CT molecular complexity index is 715. The normalized spacial score (nSPS) is 15.4. The summed E-state index contributed by atoms with van der Waals surface area (Å²) < 4.78 is 1.90. The second-order valence-corrected chi connectivity index (χ2v) is 7.51. The fraction of sp³-hybridized carbons (Fsp3) is 0.375. The zero-order chi connectivity index (χ0) is 16.4. The van der Waals surface area contributed by atoms with Gasteiger partial charge in [0.05, 0.1) is 23.0 Å². The van der Waals surface area contributed by atoms with Gasteiger partial charge in [-0.05, 0) is 43.9 Å². The Morgan fingerprint density at radius 3 is 2.96 bits per heavy atom. The topological polar surface area (TPSA) is 46.9 Å². The molecule has 1 aliphatic rings. The third-order valence-corrected chi connectivity index (χ3v) is 5.61. The fourth-order valence-electron chi connectivity index (χ4n) is 2.43. The maximum Gasteiger partial charge on any atom is 0.235 e. The van der Waals surface area contributed by atoms with Crippen LogP contribution in [0.3, 0.4) is 0 Å². The van der Waals surface area contributed by atoms with Crippen molar-refractivity contribution in [1.82, 2.24) is 9.78 Å². The SMILES string of the molecule is CC(C1CC1)n1nccc1NC(=O)CSc1cc(Cl)ccc1Cl. The number of hydrogen-bond acceptors (Lipinski definition) is 3. The van der Waals surface area contributed by atoms with Gasteiger partial charge in [0.2, 0.25) is 5.91 Å². The standard InChI is InChI=1S/C16H17Cl2N3OS/c1-10(11-2-3-11)21-15(6-7-19-21)20-16(22)9-23-14-8-12(17)4-5-13(14)18/h4-8,10-11H,2-3,9H2,1H3,(H,20,22). The number of benzene rings is 1. The summed E-state index contributed by atoms with van der Waals surface area (Å²) in [6.07, 6.45) is 4.19. The first kappa shape index (κ1) is 16.7. The fourth-order valence-corrected chi connectivity index (χ4v) is 3.72. The highest BCUT2D eigenvalue weighted by Gasteiger charge is 2.30. The maximum atomic E-state index is 12.2. The number of aromatic nitrogens is 2. The molecule has 0 saturated heterocycles. The molecule has 1 unspecified atom stereocenters. The van der Waals surface area contributed by atoms with Crippen molar-refractivity contribution in [2.45, 2.75) is 30.7 Å². The van der Waals surface area contributed by atoms with Gasteiger partial charge in [-0.25, -0.2) is 4.68 Å². The number of carbonyl (C=O) groups is 1. The van der Waals surface area contributed by atoms with Crippen molar-refractivity contribution in [2.75, 3.05) is 11.1 Å². The van der Waals surface area contributed by atoms with Crippen molar-refractivity contribution in [2.24, 2.45) is 5.92 Å². The molecule has 0 radical (unpaired) electrons. The third kappa shape index (κ3) is 4.22. The minimum atomic E-state index is -0.0872. The molecular formula is C16H17Cl2N3OS. The van der Waals surface area contributed by atoms with Gasteiger partial charge in [-0.15, -0.1) is 11.8 Å². The van der Waals surface area contributed by atoms with Crippen molar-refractivity contribution in [1.29, 1.82) is 0 Å². The molecule has 4 nitrogen and oxygen atoms in total. The van der Waals surface area contributed by atoms with Crippen LogP contribution < -0.4 is 5.32 Å². The Morgan fingerprint density at radius 2 is 2.22 bits per heavy atom. The van der Waals surface area contributed by atoms with Crippen molar-refractivity contribution < 1.29 is 4.79 Å².